The van der Waals surface area contributed by atoms with Crippen LogP contribution in [0.1, 0.15) is 34.6 Å². The maximum absolute atomic E-state index is 12.2. The molecular weight excluding hydrogens is 376 g/mol. The number of rotatable bonds is 6. The number of carbonyl (C=O) groups is 3. The van der Waals surface area contributed by atoms with Gasteiger partial charge in [0.25, 0.3) is 11.6 Å². The zero-order valence-electron chi connectivity index (χ0n) is 14.4. The summed E-state index contributed by atoms with van der Waals surface area (Å²) in [6, 6.07) is 9.74. The molecule has 0 radical (unpaired) electrons. The van der Waals surface area contributed by atoms with Crippen molar-refractivity contribution in [1.82, 2.24) is 0 Å². The fourth-order valence-corrected chi connectivity index (χ4v) is 2.31. The van der Waals surface area contributed by atoms with Crippen LogP contribution in [0.2, 0.25) is 5.02 Å². The average molecular weight is 391 g/mol. The first kappa shape index (κ1) is 20.1. The highest BCUT2D eigenvalue weighted by atomic mass is 35.5. The number of esters is 1. The van der Waals surface area contributed by atoms with E-state index in [4.69, 9.17) is 16.3 Å². The van der Waals surface area contributed by atoms with E-state index in [0.29, 0.717) is 11.3 Å². The van der Waals surface area contributed by atoms with E-state index in [1.165, 1.54) is 32.0 Å². The third-order valence-corrected chi connectivity index (χ3v) is 3.89. The number of amides is 1. The lowest BCUT2D eigenvalue weighted by molar-refractivity contribution is -0.384. The highest BCUT2D eigenvalue weighted by molar-refractivity contribution is 6.32. The number of halogens is 1. The molecule has 2 rings (SSSR count). The van der Waals surface area contributed by atoms with Gasteiger partial charge in [-0.15, -0.1) is 0 Å². The fourth-order valence-electron chi connectivity index (χ4n) is 2.12. The Labute approximate surface area is 159 Å². The molecule has 0 aromatic heterocycles. The molecule has 0 aliphatic carbocycles. The molecule has 2 aromatic rings. The third-order valence-electron chi connectivity index (χ3n) is 3.57. The van der Waals surface area contributed by atoms with E-state index >= 15 is 0 Å². The van der Waals surface area contributed by atoms with Crippen LogP contribution in [0.3, 0.4) is 0 Å². The van der Waals surface area contributed by atoms with Crippen molar-refractivity contribution in [3.63, 3.8) is 0 Å². The van der Waals surface area contributed by atoms with Gasteiger partial charge in [0.05, 0.1) is 10.5 Å². The number of nitrogens with one attached hydrogen (secondary N) is 1. The summed E-state index contributed by atoms with van der Waals surface area (Å²) < 4.78 is 5.04. The summed E-state index contributed by atoms with van der Waals surface area (Å²) in [7, 11) is 0. The Bertz CT molecular complexity index is 928. The number of nitro benzene ring substituents is 1. The molecule has 1 amide bonds. The van der Waals surface area contributed by atoms with Gasteiger partial charge in [0.2, 0.25) is 0 Å². The lowest BCUT2D eigenvalue weighted by Gasteiger charge is -2.14. The van der Waals surface area contributed by atoms with Crippen LogP contribution in [-0.2, 0) is 9.53 Å². The van der Waals surface area contributed by atoms with Crippen LogP contribution in [0, 0.1) is 10.1 Å². The van der Waals surface area contributed by atoms with Gasteiger partial charge >= 0.3 is 5.97 Å². The number of hydrogen-bond acceptors (Lipinski definition) is 6. The minimum Gasteiger partial charge on any atom is -0.449 e. The van der Waals surface area contributed by atoms with Gasteiger partial charge in [-0.25, -0.2) is 4.79 Å². The zero-order valence-corrected chi connectivity index (χ0v) is 15.1. The van der Waals surface area contributed by atoms with Crippen LogP contribution in [0.25, 0.3) is 0 Å². The van der Waals surface area contributed by atoms with Gasteiger partial charge in [0, 0.05) is 17.3 Å². The van der Waals surface area contributed by atoms with Crippen LogP contribution in [0.15, 0.2) is 42.5 Å². The normalized spacial score (nSPS) is 11.4. The molecule has 140 valence electrons. The number of ketones is 1. The molecule has 0 aliphatic heterocycles. The van der Waals surface area contributed by atoms with Crippen LogP contribution in [0.5, 0.6) is 0 Å². The molecule has 8 nitrogen and oxygen atoms in total. The maximum Gasteiger partial charge on any atom is 0.339 e. The predicted molar refractivity (Wildman–Crippen MR) is 98.1 cm³/mol. The Hall–Kier alpha value is -3.26. The first-order chi connectivity index (χ1) is 12.7. The average Bonchev–Trinajstić information content (AvgIpc) is 2.61. The molecule has 0 spiro atoms. The summed E-state index contributed by atoms with van der Waals surface area (Å²) in [4.78, 5) is 45.9. The predicted octanol–water partition coefficient (Wildman–Crippen LogP) is 3.63. The lowest BCUT2D eigenvalue weighted by atomic mass is 10.1. The van der Waals surface area contributed by atoms with E-state index in [0.717, 1.165) is 6.07 Å². The maximum atomic E-state index is 12.2. The van der Waals surface area contributed by atoms with Crippen molar-refractivity contribution in [1.29, 1.82) is 0 Å². The summed E-state index contributed by atoms with van der Waals surface area (Å²) in [6.07, 6.45) is -1.17. The molecule has 0 aliphatic rings. The van der Waals surface area contributed by atoms with Gasteiger partial charge in [-0.2, -0.15) is 0 Å². The SMILES string of the molecule is CC(=O)c1cccc(NC(=O)[C@@H](C)OC(=O)c2ccc(Cl)c([N+](=O)[O-])c2)c1. The van der Waals surface area contributed by atoms with E-state index in [9.17, 15) is 24.5 Å². The molecule has 0 unspecified atom stereocenters. The Morgan fingerprint density at radius 3 is 2.48 bits per heavy atom. The van der Waals surface area contributed by atoms with E-state index in [1.807, 2.05) is 0 Å². The second kappa shape index (κ2) is 8.41. The number of carbonyl (C=O) groups excluding carboxylic acids is 3. The standard InChI is InChI=1S/C18H15ClN2O6/c1-10(22)12-4-3-5-14(8-12)20-17(23)11(2)27-18(24)13-6-7-15(19)16(9-13)21(25)26/h3-9,11H,1-2H3,(H,20,23)/t11-/m1/s1. The summed E-state index contributed by atoms with van der Waals surface area (Å²) in [5.41, 5.74) is 0.247. The Morgan fingerprint density at radius 2 is 1.85 bits per heavy atom. The molecular formula is C18H15ClN2O6. The molecule has 0 saturated heterocycles. The molecule has 1 atom stereocenters. The number of ether oxygens (including phenoxy) is 1. The summed E-state index contributed by atoms with van der Waals surface area (Å²) in [5.74, 6) is -1.68. The van der Waals surface area contributed by atoms with Gasteiger partial charge in [-0.1, -0.05) is 23.7 Å². The Morgan fingerprint density at radius 1 is 1.15 bits per heavy atom. The molecule has 0 bridgehead atoms. The van der Waals surface area contributed by atoms with Crippen LogP contribution in [-0.4, -0.2) is 28.7 Å². The number of nitro groups is 1. The van der Waals surface area contributed by atoms with Gasteiger partial charge < -0.3 is 10.1 Å². The van der Waals surface area contributed by atoms with Crippen molar-refractivity contribution in [2.45, 2.75) is 20.0 Å². The smallest absolute Gasteiger partial charge is 0.339 e. The van der Waals surface area contributed by atoms with Gasteiger partial charge in [0.15, 0.2) is 11.9 Å². The van der Waals surface area contributed by atoms with Crippen LogP contribution < -0.4 is 5.32 Å². The van der Waals surface area contributed by atoms with E-state index in [2.05, 4.69) is 5.32 Å². The van der Waals surface area contributed by atoms with E-state index in [-0.39, 0.29) is 16.4 Å². The largest absolute Gasteiger partial charge is 0.449 e. The number of benzene rings is 2. The quantitative estimate of drug-likeness (QED) is 0.348. The van der Waals surface area contributed by atoms with Crippen LogP contribution >= 0.6 is 11.6 Å². The second-order valence-electron chi connectivity index (χ2n) is 5.60. The Kier molecular flexibility index (Phi) is 6.25. The fraction of sp³-hybridized carbons (Fsp3) is 0.167. The molecule has 2 aromatic carbocycles. The van der Waals surface area contributed by atoms with Crippen molar-refractivity contribution in [2.75, 3.05) is 5.32 Å². The van der Waals surface area contributed by atoms with Crippen molar-refractivity contribution in [3.05, 3.63) is 68.7 Å². The molecule has 0 saturated carbocycles. The number of anilines is 1. The molecule has 0 heterocycles. The summed E-state index contributed by atoms with van der Waals surface area (Å²) in [6.45, 7) is 2.75. The van der Waals surface area contributed by atoms with Crippen molar-refractivity contribution >= 4 is 40.6 Å². The first-order valence-corrected chi connectivity index (χ1v) is 8.13. The van der Waals surface area contributed by atoms with Gasteiger partial charge in [0.1, 0.15) is 5.02 Å². The number of hydrogen-bond donors (Lipinski definition) is 1. The lowest BCUT2D eigenvalue weighted by Crippen LogP contribution is -2.30. The number of nitrogens with zero attached hydrogens (tertiary/aromatic N) is 1. The first-order valence-electron chi connectivity index (χ1n) is 7.76. The molecule has 27 heavy (non-hydrogen) atoms. The van der Waals surface area contributed by atoms with Gasteiger partial charge in [-0.05, 0) is 38.1 Å². The van der Waals surface area contributed by atoms with Crippen LogP contribution in [0.4, 0.5) is 11.4 Å². The Balaban J connectivity index is 2.07. The van der Waals surface area contributed by atoms with Crippen molar-refractivity contribution < 1.29 is 24.0 Å². The summed E-state index contributed by atoms with van der Waals surface area (Å²) in [5, 5.41) is 13.3. The third kappa shape index (κ3) is 5.11. The molecule has 9 heteroatoms. The van der Waals surface area contributed by atoms with E-state index < -0.39 is 28.6 Å². The second-order valence-corrected chi connectivity index (χ2v) is 6.00. The highest BCUT2D eigenvalue weighted by Crippen LogP contribution is 2.25. The van der Waals surface area contributed by atoms with Crippen molar-refractivity contribution in [2.24, 2.45) is 0 Å². The minimum atomic E-state index is -1.17. The van der Waals surface area contributed by atoms with E-state index in [1.54, 1.807) is 18.2 Å². The minimum absolute atomic E-state index is 0.107. The van der Waals surface area contributed by atoms with Gasteiger partial charge in [-0.3, -0.25) is 19.7 Å². The number of Topliss-reactive ketones (excluding diaryl/α,β-unsaturated/α-hetero) is 1. The summed E-state index contributed by atoms with van der Waals surface area (Å²) >= 11 is 5.70. The molecule has 1 N–H and O–H groups in total. The highest BCUT2D eigenvalue weighted by Gasteiger charge is 2.22. The zero-order chi connectivity index (χ0) is 20.1. The van der Waals surface area contributed by atoms with Crippen molar-refractivity contribution in [3.8, 4) is 0 Å². The molecule has 0 fully saturated rings. The topological polar surface area (TPSA) is 116 Å². The monoisotopic (exact) mass is 390 g/mol.